The van der Waals surface area contributed by atoms with Gasteiger partial charge in [0.25, 0.3) is 0 Å². The molecule has 0 bridgehead atoms. The Morgan fingerprint density at radius 2 is 2.31 bits per heavy atom. The summed E-state index contributed by atoms with van der Waals surface area (Å²) in [6, 6.07) is 3.10. The maximum atomic E-state index is 10.00. The first-order valence-electron chi connectivity index (χ1n) is 3.45. The summed E-state index contributed by atoms with van der Waals surface area (Å²) in [5.41, 5.74) is 1.44. The Morgan fingerprint density at radius 3 is 2.85 bits per heavy atom. The van der Waals surface area contributed by atoms with Crippen LogP contribution in [-0.4, -0.2) is 6.08 Å². The van der Waals surface area contributed by atoms with E-state index in [-0.39, 0.29) is 0 Å². The third-order valence-corrected chi connectivity index (χ3v) is 2.10. The third kappa shape index (κ3) is 1.75. The fourth-order valence-electron chi connectivity index (χ4n) is 0.917. The average Bonchev–Trinajstić information content (AvgIpc) is 2.14. The highest BCUT2D eigenvalue weighted by molar-refractivity contribution is 6.34. The van der Waals surface area contributed by atoms with Crippen molar-refractivity contribution in [1.82, 2.24) is 0 Å². The van der Waals surface area contributed by atoms with E-state index in [1.807, 2.05) is 0 Å². The van der Waals surface area contributed by atoms with E-state index in [1.165, 1.54) is 12.1 Å². The summed E-state index contributed by atoms with van der Waals surface area (Å²) in [7, 11) is 0. The lowest BCUT2D eigenvalue weighted by Crippen LogP contribution is -1.76. The van der Waals surface area contributed by atoms with Crippen LogP contribution in [0, 0.1) is 13.5 Å². The molecule has 1 aromatic carbocycles. The molecule has 0 aliphatic heterocycles. The second-order valence-corrected chi connectivity index (χ2v) is 2.74. The van der Waals surface area contributed by atoms with E-state index >= 15 is 0 Å². The summed E-state index contributed by atoms with van der Waals surface area (Å²) < 4.78 is 0. The van der Waals surface area contributed by atoms with Crippen LogP contribution in [0.4, 0.5) is 11.4 Å². The minimum absolute atomic E-state index is 0.339. The van der Waals surface area contributed by atoms with Gasteiger partial charge in [0.2, 0.25) is 11.8 Å². The topological polar surface area (TPSA) is 33.8 Å². The lowest BCUT2D eigenvalue weighted by atomic mass is 10.2. The van der Waals surface area contributed by atoms with Crippen LogP contribution in [-0.2, 0) is 4.79 Å². The van der Waals surface area contributed by atoms with Gasteiger partial charge in [-0.15, -0.1) is 0 Å². The minimum Gasteiger partial charge on any atom is -0.237 e. The molecule has 4 heteroatoms. The van der Waals surface area contributed by atoms with Gasteiger partial charge in [0.1, 0.15) is 0 Å². The van der Waals surface area contributed by atoms with Gasteiger partial charge in [0.15, 0.2) is 0 Å². The van der Waals surface area contributed by atoms with Crippen LogP contribution in [0.3, 0.4) is 0 Å². The zero-order valence-electron chi connectivity index (χ0n) is 6.84. The van der Waals surface area contributed by atoms with Gasteiger partial charge < -0.3 is 0 Å². The average molecular weight is 193 g/mol. The van der Waals surface area contributed by atoms with Crippen molar-refractivity contribution in [3.63, 3.8) is 0 Å². The van der Waals surface area contributed by atoms with Crippen molar-refractivity contribution in [2.45, 2.75) is 6.92 Å². The van der Waals surface area contributed by atoms with Gasteiger partial charge in [-0.25, -0.2) is 9.64 Å². The number of aliphatic imine (C=N–C) groups is 1. The van der Waals surface area contributed by atoms with Crippen LogP contribution in [0.5, 0.6) is 0 Å². The largest absolute Gasteiger partial charge is 0.240 e. The van der Waals surface area contributed by atoms with E-state index in [9.17, 15) is 4.79 Å². The first kappa shape index (κ1) is 9.47. The smallest absolute Gasteiger partial charge is 0.237 e. The van der Waals surface area contributed by atoms with E-state index in [1.54, 1.807) is 13.0 Å². The molecule has 0 spiro atoms. The molecule has 0 fully saturated rings. The molecule has 0 radical (unpaired) electrons. The number of hydrogen-bond donors (Lipinski definition) is 0. The molecule has 1 rings (SSSR count). The van der Waals surface area contributed by atoms with E-state index in [4.69, 9.17) is 18.2 Å². The van der Waals surface area contributed by atoms with Crippen molar-refractivity contribution in [2.24, 2.45) is 4.99 Å². The molecule has 0 aliphatic carbocycles. The van der Waals surface area contributed by atoms with Crippen molar-refractivity contribution in [3.8, 4) is 0 Å². The molecule has 0 aromatic heterocycles. The standard InChI is InChI=1S/C9H5ClN2O/c1-6-7(12-5-13)3-4-8(11-2)9(6)10/h3-4H,1H3. The molecule has 0 heterocycles. The summed E-state index contributed by atoms with van der Waals surface area (Å²) in [6.07, 6.45) is 1.43. The van der Waals surface area contributed by atoms with Crippen molar-refractivity contribution in [1.29, 1.82) is 0 Å². The molecule has 1 aromatic rings. The highest BCUT2D eigenvalue weighted by Gasteiger charge is 2.06. The number of carbonyl (C=O) groups excluding carboxylic acids is 1. The van der Waals surface area contributed by atoms with Crippen LogP contribution < -0.4 is 0 Å². The predicted molar refractivity (Wildman–Crippen MR) is 50.2 cm³/mol. The minimum atomic E-state index is 0.339. The van der Waals surface area contributed by atoms with Gasteiger partial charge in [-0.1, -0.05) is 17.7 Å². The number of isocyanates is 1. The van der Waals surface area contributed by atoms with Gasteiger partial charge in [0, 0.05) is 0 Å². The SMILES string of the molecule is [C-]#[N+]c1ccc(N=C=O)c(C)c1Cl. The number of hydrogen-bond acceptors (Lipinski definition) is 2. The van der Waals surface area contributed by atoms with E-state index in [0.29, 0.717) is 22.0 Å². The molecule has 0 saturated carbocycles. The molecule has 3 nitrogen and oxygen atoms in total. The summed E-state index contributed by atoms with van der Waals surface area (Å²) in [4.78, 5) is 16.7. The fourth-order valence-corrected chi connectivity index (χ4v) is 1.12. The van der Waals surface area contributed by atoms with Crippen molar-refractivity contribution in [2.75, 3.05) is 0 Å². The van der Waals surface area contributed by atoms with Crippen LogP contribution in [0.15, 0.2) is 17.1 Å². The lowest BCUT2D eigenvalue weighted by molar-refractivity contribution is 0.565. The number of rotatable bonds is 1. The Bertz CT molecular complexity index is 428. The molecule has 0 amide bonds. The summed E-state index contributed by atoms with van der Waals surface area (Å²) in [5.74, 6) is 0. The fraction of sp³-hybridized carbons (Fsp3) is 0.111. The first-order valence-corrected chi connectivity index (χ1v) is 3.83. The Labute approximate surface area is 80.5 Å². The third-order valence-electron chi connectivity index (χ3n) is 1.62. The summed E-state index contributed by atoms with van der Waals surface area (Å²) >= 11 is 5.83. The maximum absolute atomic E-state index is 10.00. The van der Waals surface area contributed by atoms with Crippen molar-refractivity contribution in [3.05, 3.63) is 34.1 Å². The number of benzene rings is 1. The van der Waals surface area contributed by atoms with Gasteiger partial charge in [-0.3, -0.25) is 0 Å². The van der Waals surface area contributed by atoms with Gasteiger partial charge in [0.05, 0.1) is 17.3 Å². The Morgan fingerprint density at radius 1 is 1.62 bits per heavy atom. The summed E-state index contributed by atoms with van der Waals surface area (Å²) in [5, 5.41) is 0.339. The van der Waals surface area contributed by atoms with E-state index in [2.05, 4.69) is 9.84 Å². The molecule has 13 heavy (non-hydrogen) atoms. The van der Waals surface area contributed by atoms with E-state index < -0.39 is 0 Å². The lowest BCUT2D eigenvalue weighted by Gasteiger charge is -2.01. The quantitative estimate of drug-likeness (QED) is 0.382. The van der Waals surface area contributed by atoms with Crippen LogP contribution >= 0.6 is 11.6 Å². The van der Waals surface area contributed by atoms with Crippen LogP contribution in [0.25, 0.3) is 4.85 Å². The number of halogens is 1. The van der Waals surface area contributed by atoms with Gasteiger partial charge in [-0.2, -0.15) is 4.99 Å². The highest BCUT2D eigenvalue weighted by Crippen LogP contribution is 2.34. The van der Waals surface area contributed by atoms with Crippen LogP contribution in [0.2, 0.25) is 5.02 Å². The second-order valence-electron chi connectivity index (χ2n) is 2.36. The molecular weight excluding hydrogens is 188 g/mol. The molecule has 0 atom stereocenters. The zero-order chi connectivity index (χ0) is 9.84. The normalized spacial score (nSPS) is 8.69. The van der Waals surface area contributed by atoms with E-state index in [0.717, 1.165) is 0 Å². The van der Waals surface area contributed by atoms with Crippen molar-refractivity contribution < 1.29 is 4.79 Å². The monoisotopic (exact) mass is 192 g/mol. The van der Waals surface area contributed by atoms with Gasteiger partial charge >= 0.3 is 0 Å². The Hall–Kier alpha value is -1.62. The Balaban J connectivity index is 3.41. The molecule has 64 valence electrons. The molecular formula is C9H5ClN2O. The van der Waals surface area contributed by atoms with Crippen LogP contribution in [0.1, 0.15) is 5.56 Å². The molecule has 0 unspecified atom stereocenters. The highest BCUT2D eigenvalue weighted by atomic mass is 35.5. The van der Waals surface area contributed by atoms with Crippen molar-refractivity contribution >= 4 is 29.1 Å². The second kappa shape index (κ2) is 3.86. The predicted octanol–water partition coefficient (Wildman–Crippen LogP) is 3.17. The van der Waals surface area contributed by atoms with Gasteiger partial charge in [-0.05, 0) is 18.6 Å². The first-order chi connectivity index (χ1) is 6.20. The molecule has 0 saturated heterocycles. The maximum Gasteiger partial charge on any atom is 0.240 e. The number of nitrogens with zero attached hydrogens (tertiary/aromatic N) is 2. The zero-order valence-corrected chi connectivity index (χ0v) is 7.59. The molecule has 0 aliphatic rings. The molecule has 0 N–H and O–H groups in total. The summed E-state index contributed by atoms with van der Waals surface area (Å²) in [6.45, 7) is 8.49. The Kier molecular flexibility index (Phi) is 2.81.